The van der Waals surface area contributed by atoms with Crippen LogP contribution in [0.5, 0.6) is 0 Å². The summed E-state index contributed by atoms with van der Waals surface area (Å²) < 4.78 is 0. The number of aromatic amines is 1. The van der Waals surface area contributed by atoms with E-state index < -0.39 is 0 Å². The van der Waals surface area contributed by atoms with Crippen LogP contribution in [0.25, 0.3) is 10.9 Å². The fourth-order valence-electron chi connectivity index (χ4n) is 2.73. The summed E-state index contributed by atoms with van der Waals surface area (Å²) in [6.07, 6.45) is 4.80. The van der Waals surface area contributed by atoms with Gasteiger partial charge in [-0.3, -0.25) is 0 Å². The zero-order valence-corrected chi connectivity index (χ0v) is 10.7. The second kappa shape index (κ2) is 4.10. The summed E-state index contributed by atoms with van der Waals surface area (Å²) in [5, 5.41) is 1.37. The molecule has 2 heteroatoms. The molecule has 1 saturated heterocycles. The number of aryl methyl sites for hydroxylation is 1. The Bertz CT molecular complexity index is 519. The van der Waals surface area contributed by atoms with E-state index in [0.717, 1.165) is 5.92 Å². The number of nitrogens with one attached hydrogen (secondary N) is 1. The van der Waals surface area contributed by atoms with Gasteiger partial charge >= 0.3 is 0 Å². The van der Waals surface area contributed by atoms with Crippen LogP contribution < -0.4 is 4.90 Å². The van der Waals surface area contributed by atoms with Crippen LogP contribution in [0.4, 0.5) is 5.69 Å². The lowest BCUT2D eigenvalue weighted by molar-refractivity contribution is 0.439. The summed E-state index contributed by atoms with van der Waals surface area (Å²) in [4.78, 5) is 5.91. The zero-order valence-electron chi connectivity index (χ0n) is 10.7. The largest absolute Gasteiger partial charge is 0.370 e. The summed E-state index contributed by atoms with van der Waals surface area (Å²) >= 11 is 0. The van der Waals surface area contributed by atoms with Gasteiger partial charge in [-0.25, -0.2) is 0 Å². The molecule has 2 nitrogen and oxygen atoms in total. The van der Waals surface area contributed by atoms with E-state index in [0.29, 0.717) is 0 Å². The molecule has 2 aromatic rings. The second-order valence-corrected chi connectivity index (χ2v) is 5.39. The molecule has 0 aliphatic carbocycles. The van der Waals surface area contributed by atoms with Gasteiger partial charge in [0, 0.05) is 30.2 Å². The molecule has 0 amide bonds. The van der Waals surface area contributed by atoms with Crippen molar-refractivity contribution >= 4 is 16.6 Å². The third-order valence-corrected chi connectivity index (χ3v) is 3.94. The first-order chi connectivity index (χ1) is 8.24. The smallest absolute Gasteiger partial charge is 0.0624 e. The normalized spacial score (nSPS) is 17.9. The third kappa shape index (κ3) is 1.92. The van der Waals surface area contributed by atoms with E-state index in [9.17, 15) is 0 Å². The Kier molecular flexibility index (Phi) is 2.58. The van der Waals surface area contributed by atoms with Gasteiger partial charge in [-0.2, -0.15) is 0 Å². The van der Waals surface area contributed by atoms with Gasteiger partial charge in [0.2, 0.25) is 0 Å². The molecular weight excluding hydrogens is 208 g/mol. The van der Waals surface area contributed by atoms with E-state index >= 15 is 0 Å². The highest BCUT2D eigenvalue weighted by atomic mass is 15.1. The Labute approximate surface area is 103 Å². The van der Waals surface area contributed by atoms with Gasteiger partial charge in [-0.1, -0.05) is 18.6 Å². The van der Waals surface area contributed by atoms with Gasteiger partial charge in [0.25, 0.3) is 0 Å². The van der Waals surface area contributed by atoms with Crippen LogP contribution >= 0.6 is 0 Å². The predicted octanol–water partition coefficient (Wildman–Crippen LogP) is 3.71. The molecule has 0 atom stereocenters. The Hall–Kier alpha value is -1.44. The molecule has 1 aliphatic heterocycles. The minimum absolute atomic E-state index is 0.887. The van der Waals surface area contributed by atoms with Crippen LogP contribution in [0.3, 0.4) is 0 Å². The molecule has 1 N–H and O–H groups in total. The average Bonchev–Trinajstić information content (AvgIpc) is 2.73. The van der Waals surface area contributed by atoms with Crippen LogP contribution in [0.2, 0.25) is 0 Å². The van der Waals surface area contributed by atoms with Crippen molar-refractivity contribution in [3.05, 3.63) is 30.0 Å². The van der Waals surface area contributed by atoms with E-state index in [1.165, 1.54) is 48.1 Å². The van der Waals surface area contributed by atoms with Gasteiger partial charge in [-0.15, -0.1) is 0 Å². The fraction of sp³-hybridized carbons (Fsp3) is 0.467. The SMILES string of the molecule is Cc1ccc2[nH]cc(N3CCC(C)CC3)c2c1. The van der Waals surface area contributed by atoms with Crippen molar-refractivity contribution in [1.82, 2.24) is 4.98 Å². The van der Waals surface area contributed by atoms with E-state index in [1.54, 1.807) is 0 Å². The second-order valence-electron chi connectivity index (χ2n) is 5.39. The number of hydrogen-bond acceptors (Lipinski definition) is 1. The van der Waals surface area contributed by atoms with Crippen molar-refractivity contribution < 1.29 is 0 Å². The van der Waals surface area contributed by atoms with Crippen LogP contribution in [-0.2, 0) is 0 Å². The first-order valence-electron chi connectivity index (χ1n) is 6.57. The Morgan fingerprint density at radius 2 is 2.00 bits per heavy atom. The highest BCUT2D eigenvalue weighted by molar-refractivity contribution is 5.93. The highest BCUT2D eigenvalue weighted by Crippen LogP contribution is 2.30. The molecule has 2 heterocycles. The van der Waals surface area contributed by atoms with E-state index in [2.05, 4.69) is 48.1 Å². The summed E-state index contributed by atoms with van der Waals surface area (Å²) in [6.45, 7) is 6.91. The van der Waals surface area contributed by atoms with Crippen molar-refractivity contribution in [3.8, 4) is 0 Å². The van der Waals surface area contributed by atoms with Gasteiger partial charge in [-0.05, 0) is 37.8 Å². The summed E-state index contributed by atoms with van der Waals surface area (Å²) in [5.41, 5.74) is 3.98. The lowest BCUT2D eigenvalue weighted by atomic mass is 9.98. The van der Waals surface area contributed by atoms with Crippen molar-refractivity contribution in [3.63, 3.8) is 0 Å². The van der Waals surface area contributed by atoms with E-state index in [-0.39, 0.29) is 0 Å². The van der Waals surface area contributed by atoms with Crippen molar-refractivity contribution in [1.29, 1.82) is 0 Å². The molecule has 1 aromatic heterocycles. The number of nitrogens with zero attached hydrogens (tertiary/aromatic N) is 1. The molecule has 90 valence electrons. The fourth-order valence-corrected chi connectivity index (χ4v) is 2.73. The minimum atomic E-state index is 0.887. The molecule has 0 spiro atoms. The number of benzene rings is 1. The number of rotatable bonds is 1. The van der Waals surface area contributed by atoms with Crippen LogP contribution in [0.1, 0.15) is 25.3 Å². The van der Waals surface area contributed by atoms with Crippen molar-refractivity contribution in [2.45, 2.75) is 26.7 Å². The highest BCUT2D eigenvalue weighted by Gasteiger charge is 2.18. The van der Waals surface area contributed by atoms with Crippen LogP contribution in [0, 0.1) is 12.8 Å². The standard InChI is InChI=1S/C15H20N2/c1-11-5-7-17(8-6-11)15-10-16-14-4-3-12(2)9-13(14)15/h3-4,9-11,16H,5-8H2,1-2H3. The molecule has 0 saturated carbocycles. The van der Waals surface area contributed by atoms with Gasteiger partial charge < -0.3 is 9.88 Å². The first kappa shape index (κ1) is 10.7. The Balaban J connectivity index is 1.97. The van der Waals surface area contributed by atoms with Gasteiger partial charge in [0.15, 0.2) is 0 Å². The summed E-state index contributed by atoms with van der Waals surface area (Å²) in [6, 6.07) is 6.64. The van der Waals surface area contributed by atoms with Crippen LogP contribution in [0.15, 0.2) is 24.4 Å². The number of hydrogen-bond donors (Lipinski definition) is 1. The molecule has 1 aliphatic rings. The zero-order chi connectivity index (χ0) is 11.8. The first-order valence-corrected chi connectivity index (χ1v) is 6.57. The molecule has 3 rings (SSSR count). The molecular formula is C15H20N2. The lowest BCUT2D eigenvalue weighted by Gasteiger charge is -2.31. The molecule has 1 fully saturated rings. The van der Waals surface area contributed by atoms with E-state index in [1.807, 2.05) is 0 Å². The molecule has 0 radical (unpaired) electrons. The van der Waals surface area contributed by atoms with Gasteiger partial charge in [0.1, 0.15) is 0 Å². The van der Waals surface area contributed by atoms with E-state index in [4.69, 9.17) is 0 Å². The monoisotopic (exact) mass is 228 g/mol. The molecule has 1 aromatic carbocycles. The maximum atomic E-state index is 3.38. The predicted molar refractivity (Wildman–Crippen MR) is 73.6 cm³/mol. The number of H-pyrrole nitrogens is 1. The lowest BCUT2D eigenvalue weighted by Crippen LogP contribution is -2.32. The number of aromatic nitrogens is 1. The maximum absolute atomic E-state index is 3.38. The van der Waals surface area contributed by atoms with Crippen molar-refractivity contribution in [2.24, 2.45) is 5.92 Å². The number of piperidine rings is 1. The average molecular weight is 228 g/mol. The Morgan fingerprint density at radius 1 is 1.24 bits per heavy atom. The summed E-state index contributed by atoms with van der Waals surface area (Å²) in [5.74, 6) is 0.887. The molecule has 17 heavy (non-hydrogen) atoms. The molecule has 0 bridgehead atoms. The summed E-state index contributed by atoms with van der Waals surface area (Å²) in [7, 11) is 0. The molecule has 0 unspecified atom stereocenters. The van der Waals surface area contributed by atoms with Crippen molar-refractivity contribution in [2.75, 3.05) is 18.0 Å². The number of fused-ring (bicyclic) bond motifs is 1. The minimum Gasteiger partial charge on any atom is -0.370 e. The Morgan fingerprint density at radius 3 is 2.76 bits per heavy atom. The number of anilines is 1. The van der Waals surface area contributed by atoms with Crippen LogP contribution in [-0.4, -0.2) is 18.1 Å². The van der Waals surface area contributed by atoms with Gasteiger partial charge in [0.05, 0.1) is 5.69 Å². The topological polar surface area (TPSA) is 19.0 Å². The quantitative estimate of drug-likeness (QED) is 0.788. The third-order valence-electron chi connectivity index (χ3n) is 3.94. The maximum Gasteiger partial charge on any atom is 0.0624 e.